The zero-order valence-corrected chi connectivity index (χ0v) is 17.7. The van der Waals surface area contributed by atoms with Gasteiger partial charge in [-0.2, -0.15) is 0 Å². The van der Waals surface area contributed by atoms with Crippen molar-refractivity contribution in [2.45, 2.75) is 6.42 Å². The normalized spacial score (nSPS) is 10.8. The van der Waals surface area contributed by atoms with E-state index < -0.39 is 0 Å². The number of rotatable bonds is 4. The summed E-state index contributed by atoms with van der Waals surface area (Å²) in [5.74, 6) is 7.31. The number of aromatic nitrogens is 3. The third-order valence-corrected chi connectivity index (χ3v) is 5.46. The largest absolute Gasteiger partial charge is 0.497 e. The molecule has 0 unspecified atom stereocenters. The van der Waals surface area contributed by atoms with Crippen LogP contribution in [0.2, 0.25) is 0 Å². The second kappa shape index (κ2) is 8.54. The first kappa shape index (κ1) is 19.8. The van der Waals surface area contributed by atoms with Crippen LogP contribution >= 0.6 is 0 Å². The van der Waals surface area contributed by atoms with Gasteiger partial charge in [-0.3, -0.25) is 9.55 Å². The number of hydrogen-bond donors (Lipinski definition) is 1. The van der Waals surface area contributed by atoms with Crippen molar-refractivity contribution in [2.24, 2.45) is 5.73 Å². The SMILES string of the molecule is COc1ccc(C#Cc2ccc3ncc4ncn(-c5ccc(CCN)cc5)c4c3c2)cc1. The number of fused-ring (bicyclic) bond motifs is 3. The average Bonchev–Trinajstić information content (AvgIpc) is 3.28. The van der Waals surface area contributed by atoms with Gasteiger partial charge in [0.1, 0.15) is 17.6 Å². The number of nitrogens with zero attached hydrogens (tertiary/aromatic N) is 3. The molecule has 0 saturated carbocycles. The van der Waals surface area contributed by atoms with Crippen LogP contribution in [-0.2, 0) is 6.42 Å². The summed E-state index contributed by atoms with van der Waals surface area (Å²) < 4.78 is 7.31. The maximum absolute atomic E-state index is 5.68. The third-order valence-electron chi connectivity index (χ3n) is 5.46. The molecular formula is C27H22N4O. The Morgan fingerprint density at radius 1 is 0.875 bits per heavy atom. The molecule has 0 saturated heterocycles. The zero-order valence-electron chi connectivity index (χ0n) is 17.7. The number of ether oxygens (including phenoxy) is 1. The Hall–Kier alpha value is -4.14. The van der Waals surface area contributed by atoms with E-state index in [-0.39, 0.29) is 0 Å². The van der Waals surface area contributed by atoms with Crippen LogP contribution in [0.15, 0.2) is 79.3 Å². The van der Waals surface area contributed by atoms with Gasteiger partial charge >= 0.3 is 0 Å². The number of benzene rings is 3. The van der Waals surface area contributed by atoms with Gasteiger partial charge in [0.25, 0.3) is 0 Å². The minimum atomic E-state index is 0.643. The second-order valence-electron chi connectivity index (χ2n) is 7.52. The second-order valence-corrected chi connectivity index (χ2v) is 7.52. The van der Waals surface area contributed by atoms with Gasteiger partial charge in [0.2, 0.25) is 0 Å². The van der Waals surface area contributed by atoms with Crippen LogP contribution in [0, 0.1) is 11.8 Å². The molecular weight excluding hydrogens is 396 g/mol. The average molecular weight is 419 g/mol. The maximum atomic E-state index is 5.68. The Labute approximate surface area is 186 Å². The van der Waals surface area contributed by atoms with Crippen LogP contribution in [0.25, 0.3) is 27.6 Å². The fourth-order valence-electron chi connectivity index (χ4n) is 3.78. The predicted molar refractivity (Wildman–Crippen MR) is 128 cm³/mol. The van der Waals surface area contributed by atoms with Crippen molar-refractivity contribution < 1.29 is 4.74 Å². The minimum Gasteiger partial charge on any atom is -0.497 e. The van der Waals surface area contributed by atoms with E-state index in [1.165, 1.54) is 5.56 Å². The Morgan fingerprint density at radius 3 is 2.38 bits per heavy atom. The van der Waals surface area contributed by atoms with E-state index in [2.05, 4.69) is 56.7 Å². The molecule has 0 spiro atoms. The number of hydrogen-bond acceptors (Lipinski definition) is 4. The fraction of sp³-hybridized carbons (Fsp3) is 0.111. The van der Waals surface area contributed by atoms with Crippen LogP contribution in [0.3, 0.4) is 0 Å². The zero-order chi connectivity index (χ0) is 21.9. The monoisotopic (exact) mass is 418 g/mol. The summed E-state index contributed by atoms with van der Waals surface area (Å²) >= 11 is 0. The van der Waals surface area contributed by atoms with Crippen LogP contribution in [-0.4, -0.2) is 28.2 Å². The van der Waals surface area contributed by atoms with Gasteiger partial charge in [-0.15, -0.1) is 0 Å². The van der Waals surface area contributed by atoms with E-state index in [9.17, 15) is 0 Å². The smallest absolute Gasteiger partial charge is 0.118 e. The Morgan fingerprint density at radius 2 is 1.62 bits per heavy atom. The highest BCUT2D eigenvalue weighted by Gasteiger charge is 2.10. The molecule has 2 N–H and O–H groups in total. The molecule has 5 nitrogen and oxygen atoms in total. The molecule has 0 radical (unpaired) electrons. The van der Waals surface area contributed by atoms with Crippen molar-refractivity contribution in [1.82, 2.24) is 14.5 Å². The molecule has 3 aromatic carbocycles. The van der Waals surface area contributed by atoms with E-state index >= 15 is 0 Å². The summed E-state index contributed by atoms with van der Waals surface area (Å²) in [5.41, 5.74) is 12.6. The lowest BCUT2D eigenvalue weighted by Gasteiger charge is -2.08. The molecule has 0 amide bonds. The van der Waals surface area contributed by atoms with Gasteiger partial charge in [-0.25, -0.2) is 4.98 Å². The fourth-order valence-corrected chi connectivity index (χ4v) is 3.78. The molecule has 0 aliphatic heterocycles. The van der Waals surface area contributed by atoms with Crippen LogP contribution in [0.4, 0.5) is 0 Å². The quantitative estimate of drug-likeness (QED) is 0.437. The van der Waals surface area contributed by atoms with Crippen molar-refractivity contribution >= 4 is 21.9 Å². The van der Waals surface area contributed by atoms with Gasteiger partial charge < -0.3 is 10.5 Å². The molecule has 32 heavy (non-hydrogen) atoms. The number of methoxy groups -OCH3 is 1. The molecule has 0 bridgehead atoms. The molecule has 0 atom stereocenters. The van der Waals surface area contributed by atoms with E-state index in [0.29, 0.717) is 6.54 Å². The lowest BCUT2D eigenvalue weighted by molar-refractivity contribution is 0.415. The lowest BCUT2D eigenvalue weighted by atomic mass is 10.1. The molecule has 5 rings (SSSR count). The first-order valence-corrected chi connectivity index (χ1v) is 10.5. The molecule has 0 aliphatic carbocycles. The van der Waals surface area contributed by atoms with E-state index in [1.807, 2.05) is 48.9 Å². The Balaban J connectivity index is 1.58. The van der Waals surface area contributed by atoms with Crippen LogP contribution in [0.5, 0.6) is 5.75 Å². The molecule has 2 heterocycles. The maximum Gasteiger partial charge on any atom is 0.118 e. The summed E-state index contributed by atoms with van der Waals surface area (Å²) in [6.07, 6.45) is 4.53. The molecule has 5 aromatic rings. The van der Waals surface area contributed by atoms with Gasteiger partial charge in [-0.05, 0) is 73.1 Å². The van der Waals surface area contributed by atoms with Crippen molar-refractivity contribution in [3.63, 3.8) is 0 Å². The highest BCUT2D eigenvalue weighted by Crippen LogP contribution is 2.26. The van der Waals surface area contributed by atoms with E-state index in [4.69, 9.17) is 10.5 Å². The lowest BCUT2D eigenvalue weighted by Crippen LogP contribution is -2.02. The van der Waals surface area contributed by atoms with Crippen LogP contribution in [0.1, 0.15) is 16.7 Å². The van der Waals surface area contributed by atoms with Gasteiger partial charge in [0.05, 0.1) is 24.3 Å². The number of pyridine rings is 1. The standard InChI is InChI=1S/C27H22N4O/c1-32-23-11-6-19(7-12-23)2-3-21-8-13-25-24(16-21)27-26(17-29-25)30-18-31(27)22-9-4-20(5-10-22)14-15-28/h4-13,16-18H,14-15,28H2,1H3. The Bertz CT molecular complexity index is 1460. The Kier molecular flexibility index (Phi) is 5.29. The first-order valence-electron chi connectivity index (χ1n) is 10.5. The van der Waals surface area contributed by atoms with E-state index in [1.54, 1.807) is 7.11 Å². The van der Waals surface area contributed by atoms with Crippen molar-refractivity contribution in [3.8, 4) is 23.3 Å². The highest BCUT2D eigenvalue weighted by atomic mass is 16.5. The van der Waals surface area contributed by atoms with Crippen LogP contribution < -0.4 is 10.5 Å². The van der Waals surface area contributed by atoms with Gasteiger partial charge in [0, 0.05) is 22.2 Å². The molecule has 156 valence electrons. The predicted octanol–water partition coefficient (Wildman–Crippen LogP) is 4.48. The third kappa shape index (κ3) is 3.80. The minimum absolute atomic E-state index is 0.643. The topological polar surface area (TPSA) is 66.0 Å². The summed E-state index contributed by atoms with van der Waals surface area (Å²) in [6, 6.07) is 22.3. The summed E-state index contributed by atoms with van der Waals surface area (Å²) in [5, 5.41) is 1.02. The molecule has 0 fully saturated rings. The van der Waals surface area contributed by atoms with Crippen molar-refractivity contribution in [1.29, 1.82) is 0 Å². The molecule has 5 heteroatoms. The van der Waals surface area contributed by atoms with E-state index in [0.717, 1.165) is 50.9 Å². The van der Waals surface area contributed by atoms with Gasteiger partial charge in [-0.1, -0.05) is 24.0 Å². The summed E-state index contributed by atoms with van der Waals surface area (Å²) in [6.45, 7) is 0.643. The molecule has 0 aliphatic rings. The highest BCUT2D eigenvalue weighted by molar-refractivity contribution is 6.03. The summed E-state index contributed by atoms with van der Waals surface area (Å²) in [4.78, 5) is 9.16. The molecule has 2 aromatic heterocycles. The van der Waals surface area contributed by atoms with Crippen molar-refractivity contribution in [2.75, 3.05) is 13.7 Å². The van der Waals surface area contributed by atoms with Gasteiger partial charge in [0.15, 0.2) is 0 Å². The summed E-state index contributed by atoms with van der Waals surface area (Å²) in [7, 11) is 1.66. The number of imidazole rings is 1. The first-order chi connectivity index (χ1) is 15.7. The number of nitrogens with two attached hydrogens (primary N) is 1. The van der Waals surface area contributed by atoms with Crippen molar-refractivity contribution in [3.05, 3.63) is 95.9 Å².